The molecule has 2 nitrogen and oxygen atoms in total. The molecular formula is C9H6N2. The van der Waals surface area contributed by atoms with Crippen LogP contribution in [0.5, 0.6) is 0 Å². The molecule has 0 heterocycles. The van der Waals surface area contributed by atoms with E-state index in [4.69, 9.17) is 10.5 Å². The van der Waals surface area contributed by atoms with Crippen LogP contribution in [0, 0.1) is 28.6 Å². The molecule has 0 aromatic rings. The Morgan fingerprint density at radius 1 is 1.18 bits per heavy atom. The first-order valence-corrected chi connectivity index (χ1v) is 3.24. The van der Waals surface area contributed by atoms with E-state index >= 15 is 0 Å². The van der Waals surface area contributed by atoms with Crippen LogP contribution in [0.1, 0.15) is 0 Å². The molecule has 0 atom stereocenters. The minimum Gasteiger partial charge on any atom is -0.192 e. The second-order valence-electron chi connectivity index (χ2n) is 2.15. The van der Waals surface area contributed by atoms with Crippen molar-refractivity contribution in [2.75, 3.05) is 0 Å². The summed E-state index contributed by atoms with van der Waals surface area (Å²) in [5.74, 6) is 0.129. The van der Waals surface area contributed by atoms with Crippen molar-refractivity contribution in [3.8, 4) is 12.1 Å². The highest BCUT2D eigenvalue weighted by atomic mass is 14.3. The van der Waals surface area contributed by atoms with Gasteiger partial charge in [0.15, 0.2) is 0 Å². The van der Waals surface area contributed by atoms with Crippen LogP contribution in [0.25, 0.3) is 0 Å². The Morgan fingerprint density at radius 3 is 2.18 bits per heavy atom. The third kappa shape index (κ3) is 1.81. The molecule has 1 rings (SSSR count). The Labute approximate surface area is 65.4 Å². The van der Waals surface area contributed by atoms with Crippen molar-refractivity contribution in [2.45, 2.75) is 0 Å². The molecule has 52 valence electrons. The van der Waals surface area contributed by atoms with E-state index in [-0.39, 0.29) is 11.5 Å². The SMILES string of the molecule is N#CC(C#N)=CC1C=CC=C1. The predicted octanol–water partition coefficient (Wildman–Crippen LogP) is 1.70. The zero-order valence-electron chi connectivity index (χ0n) is 5.86. The Balaban J connectivity index is 2.74. The first kappa shape index (κ1) is 7.31. The summed E-state index contributed by atoms with van der Waals surface area (Å²) in [5.41, 5.74) is 0.172. The number of nitriles is 2. The molecule has 0 aromatic carbocycles. The third-order valence-corrected chi connectivity index (χ3v) is 1.38. The van der Waals surface area contributed by atoms with Crippen molar-refractivity contribution < 1.29 is 0 Å². The van der Waals surface area contributed by atoms with E-state index in [1.54, 1.807) is 6.08 Å². The summed E-state index contributed by atoms with van der Waals surface area (Å²) in [7, 11) is 0. The fraction of sp³-hybridized carbons (Fsp3) is 0.111. The van der Waals surface area contributed by atoms with E-state index in [2.05, 4.69) is 0 Å². The predicted molar refractivity (Wildman–Crippen MR) is 41.1 cm³/mol. The molecule has 1 aliphatic carbocycles. The van der Waals surface area contributed by atoms with Crippen LogP contribution >= 0.6 is 0 Å². The van der Waals surface area contributed by atoms with Crippen molar-refractivity contribution in [1.29, 1.82) is 10.5 Å². The van der Waals surface area contributed by atoms with Crippen LogP contribution in [-0.2, 0) is 0 Å². The molecule has 0 fully saturated rings. The molecule has 0 aliphatic heterocycles. The molecule has 0 spiro atoms. The molecular weight excluding hydrogens is 136 g/mol. The van der Waals surface area contributed by atoms with Crippen molar-refractivity contribution in [3.63, 3.8) is 0 Å². The van der Waals surface area contributed by atoms with Gasteiger partial charge in [0.05, 0.1) is 0 Å². The van der Waals surface area contributed by atoms with Gasteiger partial charge in [-0.2, -0.15) is 10.5 Å². The average molecular weight is 142 g/mol. The summed E-state index contributed by atoms with van der Waals surface area (Å²) in [4.78, 5) is 0. The van der Waals surface area contributed by atoms with Gasteiger partial charge in [-0.15, -0.1) is 0 Å². The maximum absolute atomic E-state index is 8.40. The molecule has 0 N–H and O–H groups in total. The van der Waals surface area contributed by atoms with E-state index < -0.39 is 0 Å². The fourth-order valence-electron chi connectivity index (χ4n) is 0.852. The Kier molecular flexibility index (Phi) is 2.25. The van der Waals surface area contributed by atoms with Crippen LogP contribution in [0.2, 0.25) is 0 Å². The van der Waals surface area contributed by atoms with E-state index in [1.807, 2.05) is 36.4 Å². The van der Waals surface area contributed by atoms with Crippen molar-refractivity contribution in [3.05, 3.63) is 36.0 Å². The molecule has 0 saturated carbocycles. The molecule has 0 unspecified atom stereocenters. The lowest BCUT2D eigenvalue weighted by Crippen LogP contribution is -1.83. The van der Waals surface area contributed by atoms with E-state index in [9.17, 15) is 0 Å². The highest BCUT2D eigenvalue weighted by Gasteiger charge is 2.01. The van der Waals surface area contributed by atoms with Crippen molar-refractivity contribution in [2.24, 2.45) is 5.92 Å². The normalized spacial score (nSPS) is 14.0. The van der Waals surface area contributed by atoms with E-state index in [1.165, 1.54) is 0 Å². The molecule has 11 heavy (non-hydrogen) atoms. The highest BCUT2D eigenvalue weighted by Crippen LogP contribution is 2.11. The Morgan fingerprint density at radius 2 is 1.73 bits per heavy atom. The maximum atomic E-state index is 8.40. The lowest BCUT2D eigenvalue weighted by Gasteiger charge is -1.92. The van der Waals surface area contributed by atoms with Gasteiger partial charge in [0, 0.05) is 5.92 Å². The quantitative estimate of drug-likeness (QED) is 0.523. The van der Waals surface area contributed by atoms with Crippen molar-refractivity contribution in [1.82, 2.24) is 0 Å². The summed E-state index contributed by atoms with van der Waals surface area (Å²) in [6.07, 6.45) is 9.28. The van der Waals surface area contributed by atoms with Crippen LogP contribution < -0.4 is 0 Å². The smallest absolute Gasteiger partial charge is 0.126 e. The first-order valence-electron chi connectivity index (χ1n) is 3.24. The number of allylic oxidation sites excluding steroid dienone is 6. The van der Waals surface area contributed by atoms with Gasteiger partial charge >= 0.3 is 0 Å². The van der Waals surface area contributed by atoms with Gasteiger partial charge in [0.1, 0.15) is 17.7 Å². The minimum absolute atomic E-state index is 0.129. The summed E-state index contributed by atoms with van der Waals surface area (Å²) in [6.45, 7) is 0. The molecule has 0 saturated heterocycles. The largest absolute Gasteiger partial charge is 0.192 e. The molecule has 0 bridgehead atoms. The van der Waals surface area contributed by atoms with Gasteiger partial charge in [-0.3, -0.25) is 0 Å². The monoisotopic (exact) mass is 142 g/mol. The minimum atomic E-state index is 0.129. The number of hydrogen-bond acceptors (Lipinski definition) is 2. The fourth-order valence-corrected chi connectivity index (χ4v) is 0.852. The summed E-state index contributed by atoms with van der Waals surface area (Å²) >= 11 is 0. The van der Waals surface area contributed by atoms with Gasteiger partial charge in [-0.1, -0.05) is 24.3 Å². The first-order chi connectivity index (χ1) is 5.36. The van der Waals surface area contributed by atoms with Gasteiger partial charge < -0.3 is 0 Å². The number of nitrogens with zero attached hydrogens (tertiary/aromatic N) is 2. The Hall–Kier alpha value is -1.80. The molecule has 0 radical (unpaired) electrons. The van der Waals surface area contributed by atoms with E-state index in [0.717, 1.165) is 0 Å². The maximum Gasteiger partial charge on any atom is 0.126 e. The van der Waals surface area contributed by atoms with Gasteiger partial charge in [-0.05, 0) is 6.08 Å². The molecule has 2 heteroatoms. The average Bonchev–Trinajstić information content (AvgIpc) is 2.52. The molecule has 0 aromatic heterocycles. The summed E-state index contributed by atoms with van der Waals surface area (Å²) in [5, 5.41) is 16.8. The standard InChI is InChI=1S/C9H6N2/c10-6-9(7-11)5-8-3-1-2-4-8/h1-5,8H. The van der Waals surface area contributed by atoms with Crippen LogP contribution in [0.15, 0.2) is 36.0 Å². The van der Waals surface area contributed by atoms with Crippen LogP contribution in [0.4, 0.5) is 0 Å². The van der Waals surface area contributed by atoms with Crippen molar-refractivity contribution >= 4 is 0 Å². The third-order valence-electron chi connectivity index (χ3n) is 1.38. The van der Waals surface area contributed by atoms with Crippen LogP contribution in [0.3, 0.4) is 0 Å². The topological polar surface area (TPSA) is 47.6 Å². The lowest BCUT2D eigenvalue weighted by atomic mass is 10.1. The zero-order valence-corrected chi connectivity index (χ0v) is 5.86. The van der Waals surface area contributed by atoms with Gasteiger partial charge in [0.2, 0.25) is 0 Å². The second-order valence-corrected chi connectivity index (χ2v) is 2.15. The number of rotatable bonds is 1. The summed E-state index contributed by atoms with van der Waals surface area (Å²) < 4.78 is 0. The Bertz CT molecular complexity index is 279. The second kappa shape index (κ2) is 3.39. The van der Waals surface area contributed by atoms with Gasteiger partial charge in [-0.25, -0.2) is 0 Å². The lowest BCUT2D eigenvalue weighted by molar-refractivity contribution is 1.08. The highest BCUT2D eigenvalue weighted by molar-refractivity contribution is 5.38. The molecule has 1 aliphatic rings. The summed E-state index contributed by atoms with van der Waals surface area (Å²) in [6, 6.07) is 3.62. The molecule has 0 amide bonds. The van der Waals surface area contributed by atoms with Crippen LogP contribution in [-0.4, -0.2) is 0 Å². The number of hydrogen-bond donors (Lipinski definition) is 0. The van der Waals surface area contributed by atoms with Gasteiger partial charge in [0.25, 0.3) is 0 Å². The van der Waals surface area contributed by atoms with E-state index in [0.29, 0.717) is 0 Å². The zero-order chi connectivity index (χ0) is 8.10.